The molecule has 0 bridgehead atoms. The Morgan fingerprint density at radius 2 is 2.05 bits per heavy atom. The highest BCUT2D eigenvalue weighted by molar-refractivity contribution is 5.87. The van der Waals surface area contributed by atoms with Crippen LogP contribution in [-0.4, -0.2) is 15.7 Å². The average molecular weight is 290 g/mol. The van der Waals surface area contributed by atoms with E-state index in [1.807, 2.05) is 20.8 Å². The first-order chi connectivity index (χ1) is 9.77. The number of benzene rings is 1. The van der Waals surface area contributed by atoms with Crippen molar-refractivity contribution in [2.75, 3.05) is 0 Å². The van der Waals surface area contributed by atoms with E-state index >= 15 is 0 Å². The Balaban J connectivity index is 2.09. The number of ether oxygens (including phenoxy) is 1. The maximum atomic E-state index is 13.1. The van der Waals surface area contributed by atoms with E-state index in [0.717, 1.165) is 5.69 Å². The van der Waals surface area contributed by atoms with Crippen molar-refractivity contribution in [1.29, 1.82) is 0 Å². The Bertz CT molecular complexity index is 657. The van der Waals surface area contributed by atoms with E-state index in [1.54, 1.807) is 25.2 Å². The zero-order valence-electron chi connectivity index (χ0n) is 12.7. The molecule has 4 nitrogen and oxygen atoms in total. The summed E-state index contributed by atoms with van der Waals surface area (Å²) in [6.07, 6.45) is 0. The van der Waals surface area contributed by atoms with Gasteiger partial charge in [-0.2, -0.15) is 5.10 Å². The Labute approximate surface area is 123 Å². The molecule has 1 aromatic heterocycles. The fourth-order valence-electron chi connectivity index (χ4n) is 1.87. The third-order valence-electron chi connectivity index (χ3n) is 3.12. The Kier molecular flexibility index (Phi) is 4.11. The molecule has 1 heterocycles. The SMILES string of the molecule is Cn1nc(C(C)(C)C)cc1C(=O)OCc1cccc(F)c1. The summed E-state index contributed by atoms with van der Waals surface area (Å²) in [5.41, 5.74) is 1.68. The van der Waals surface area contributed by atoms with E-state index in [0.29, 0.717) is 11.3 Å². The monoisotopic (exact) mass is 290 g/mol. The van der Waals surface area contributed by atoms with Gasteiger partial charge in [0.2, 0.25) is 0 Å². The first-order valence-electron chi connectivity index (χ1n) is 6.73. The van der Waals surface area contributed by atoms with Gasteiger partial charge in [-0.15, -0.1) is 0 Å². The summed E-state index contributed by atoms with van der Waals surface area (Å²) in [7, 11) is 1.70. The van der Waals surface area contributed by atoms with Gasteiger partial charge in [0, 0.05) is 12.5 Å². The number of rotatable bonds is 3. The van der Waals surface area contributed by atoms with Crippen LogP contribution >= 0.6 is 0 Å². The number of halogens is 1. The maximum Gasteiger partial charge on any atom is 0.356 e. The molecule has 0 atom stereocenters. The zero-order chi connectivity index (χ0) is 15.6. The van der Waals surface area contributed by atoms with Gasteiger partial charge >= 0.3 is 5.97 Å². The summed E-state index contributed by atoms with van der Waals surface area (Å²) >= 11 is 0. The molecule has 0 aliphatic heterocycles. The predicted molar refractivity (Wildman–Crippen MR) is 77.4 cm³/mol. The maximum absolute atomic E-state index is 13.1. The first-order valence-corrected chi connectivity index (χ1v) is 6.73. The van der Waals surface area contributed by atoms with Gasteiger partial charge in [0.05, 0.1) is 5.69 Å². The van der Waals surface area contributed by atoms with E-state index in [2.05, 4.69) is 5.10 Å². The number of aromatic nitrogens is 2. The van der Waals surface area contributed by atoms with E-state index in [-0.39, 0.29) is 17.8 Å². The molecule has 0 spiro atoms. The lowest BCUT2D eigenvalue weighted by Crippen LogP contribution is -2.12. The molecule has 0 radical (unpaired) electrons. The lowest BCUT2D eigenvalue weighted by Gasteiger charge is -2.13. The highest BCUT2D eigenvalue weighted by Gasteiger charge is 2.22. The van der Waals surface area contributed by atoms with E-state index in [4.69, 9.17) is 4.74 Å². The number of aryl methyl sites for hydroxylation is 1. The lowest BCUT2D eigenvalue weighted by atomic mass is 9.92. The molecule has 5 heteroatoms. The molecule has 0 N–H and O–H groups in total. The second-order valence-electron chi connectivity index (χ2n) is 5.99. The van der Waals surface area contributed by atoms with Crippen LogP contribution < -0.4 is 0 Å². The summed E-state index contributed by atoms with van der Waals surface area (Å²) in [6, 6.07) is 7.72. The molecule has 112 valence electrons. The van der Waals surface area contributed by atoms with Crippen LogP contribution in [0.25, 0.3) is 0 Å². The number of hydrogen-bond acceptors (Lipinski definition) is 3. The van der Waals surface area contributed by atoms with Crippen LogP contribution in [0.2, 0.25) is 0 Å². The van der Waals surface area contributed by atoms with Crippen LogP contribution in [0.4, 0.5) is 4.39 Å². The van der Waals surface area contributed by atoms with Crippen molar-refractivity contribution in [3.8, 4) is 0 Å². The number of carbonyl (C=O) groups is 1. The highest BCUT2D eigenvalue weighted by Crippen LogP contribution is 2.21. The van der Waals surface area contributed by atoms with Crippen molar-refractivity contribution in [2.45, 2.75) is 32.8 Å². The molecular weight excluding hydrogens is 271 g/mol. The Hall–Kier alpha value is -2.17. The van der Waals surface area contributed by atoms with Gasteiger partial charge in [-0.3, -0.25) is 4.68 Å². The zero-order valence-corrected chi connectivity index (χ0v) is 12.7. The van der Waals surface area contributed by atoms with Crippen LogP contribution in [0, 0.1) is 5.82 Å². The van der Waals surface area contributed by atoms with Gasteiger partial charge in [-0.25, -0.2) is 9.18 Å². The third-order valence-corrected chi connectivity index (χ3v) is 3.12. The summed E-state index contributed by atoms with van der Waals surface area (Å²) in [5, 5.41) is 4.33. The fraction of sp³-hybridized carbons (Fsp3) is 0.375. The molecule has 0 saturated heterocycles. The topological polar surface area (TPSA) is 44.1 Å². The normalized spacial score (nSPS) is 11.5. The van der Waals surface area contributed by atoms with Gasteiger partial charge in [0.25, 0.3) is 0 Å². The van der Waals surface area contributed by atoms with Gasteiger partial charge in [0.1, 0.15) is 18.1 Å². The van der Waals surface area contributed by atoms with Crippen molar-refractivity contribution in [3.05, 3.63) is 53.1 Å². The van der Waals surface area contributed by atoms with E-state index in [1.165, 1.54) is 16.8 Å². The molecule has 2 aromatic rings. The van der Waals surface area contributed by atoms with Gasteiger partial charge < -0.3 is 4.74 Å². The van der Waals surface area contributed by atoms with Crippen molar-refractivity contribution < 1.29 is 13.9 Å². The van der Waals surface area contributed by atoms with Crippen LogP contribution in [-0.2, 0) is 23.8 Å². The standard InChI is InChI=1S/C16H19FN2O2/c1-16(2,3)14-9-13(19(4)18-14)15(20)21-10-11-6-5-7-12(17)8-11/h5-9H,10H2,1-4H3. The van der Waals surface area contributed by atoms with Crippen molar-refractivity contribution >= 4 is 5.97 Å². The van der Waals surface area contributed by atoms with Crippen LogP contribution in [0.15, 0.2) is 30.3 Å². The van der Waals surface area contributed by atoms with E-state index < -0.39 is 5.97 Å². The second-order valence-corrected chi connectivity index (χ2v) is 5.99. The molecule has 2 rings (SSSR count). The van der Waals surface area contributed by atoms with Crippen molar-refractivity contribution in [1.82, 2.24) is 9.78 Å². The van der Waals surface area contributed by atoms with Gasteiger partial charge in [-0.05, 0) is 23.8 Å². The minimum atomic E-state index is -0.468. The molecular formula is C16H19FN2O2. The van der Waals surface area contributed by atoms with Crippen LogP contribution in [0.1, 0.15) is 42.5 Å². The summed E-state index contributed by atoms with van der Waals surface area (Å²) in [6.45, 7) is 6.11. The number of esters is 1. The van der Waals surface area contributed by atoms with Gasteiger partial charge in [-0.1, -0.05) is 32.9 Å². The quantitative estimate of drug-likeness (QED) is 0.815. The molecule has 0 amide bonds. The summed E-state index contributed by atoms with van der Waals surface area (Å²) in [5.74, 6) is -0.816. The lowest BCUT2D eigenvalue weighted by molar-refractivity contribution is 0.0459. The molecule has 0 saturated carbocycles. The molecule has 0 aliphatic rings. The average Bonchev–Trinajstić information content (AvgIpc) is 2.78. The summed E-state index contributed by atoms with van der Waals surface area (Å²) in [4.78, 5) is 12.1. The Morgan fingerprint density at radius 1 is 1.33 bits per heavy atom. The number of nitrogens with zero attached hydrogens (tertiary/aromatic N) is 2. The van der Waals surface area contributed by atoms with E-state index in [9.17, 15) is 9.18 Å². The minimum Gasteiger partial charge on any atom is -0.456 e. The number of carbonyl (C=O) groups excluding carboxylic acids is 1. The summed E-state index contributed by atoms with van der Waals surface area (Å²) < 4.78 is 19.8. The molecule has 1 aromatic carbocycles. The largest absolute Gasteiger partial charge is 0.456 e. The molecule has 21 heavy (non-hydrogen) atoms. The smallest absolute Gasteiger partial charge is 0.356 e. The molecule has 0 fully saturated rings. The second kappa shape index (κ2) is 5.68. The van der Waals surface area contributed by atoms with Gasteiger partial charge in [0.15, 0.2) is 0 Å². The fourth-order valence-corrected chi connectivity index (χ4v) is 1.87. The van der Waals surface area contributed by atoms with Crippen molar-refractivity contribution in [3.63, 3.8) is 0 Å². The molecule has 0 aliphatic carbocycles. The third kappa shape index (κ3) is 3.68. The van der Waals surface area contributed by atoms with Crippen molar-refractivity contribution in [2.24, 2.45) is 7.05 Å². The molecule has 0 unspecified atom stereocenters. The minimum absolute atomic E-state index is 0.0343. The first kappa shape index (κ1) is 15.2. The van der Waals surface area contributed by atoms with Crippen LogP contribution in [0.5, 0.6) is 0 Å². The highest BCUT2D eigenvalue weighted by atomic mass is 19.1. The predicted octanol–water partition coefficient (Wildman–Crippen LogP) is 3.21. The number of hydrogen-bond donors (Lipinski definition) is 0. The van der Waals surface area contributed by atoms with Crippen LogP contribution in [0.3, 0.4) is 0 Å². The Morgan fingerprint density at radius 3 is 2.62 bits per heavy atom.